The summed E-state index contributed by atoms with van der Waals surface area (Å²) in [7, 11) is 1.32. The van der Waals surface area contributed by atoms with Crippen molar-refractivity contribution < 1.29 is 14.3 Å². The molecule has 8 heteroatoms. The number of hydrogen-bond acceptors (Lipinski definition) is 6. The first-order chi connectivity index (χ1) is 13.0. The van der Waals surface area contributed by atoms with Gasteiger partial charge in [-0.05, 0) is 30.7 Å². The zero-order chi connectivity index (χ0) is 19.4. The van der Waals surface area contributed by atoms with Gasteiger partial charge in [0.1, 0.15) is 0 Å². The van der Waals surface area contributed by atoms with Crippen molar-refractivity contribution in [3.8, 4) is 0 Å². The highest BCUT2D eigenvalue weighted by Gasteiger charge is 2.27. The molecule has 2 heterocycles. The fourth-order valence-corrected chi connectivity index (χ4v) is 4.13. The van der Waals surface area contributed by atoms with E-state index in [1.807, 2.05) is 6.92 Å². The van der Waals surface area contributed by atoms with Gasteiger partial charge >= 0.3 is 5.97 Å². The monoisotopic (exact) mass is 387 g/mol. The molecule has 0 fully saturated rings. The average molecular weight is 387 g/mol. The van der Waals surface area contributed by atoms with Crippen LogP contribution in [0.25, 0.3) is 0 Å². The summed E-state index contributed by atoms with van der Waals surface area (Å²) in [6.07, 6.45) is 1.89. The van der Waals surface area contributed by atoms with Gasteiger partial charge in [0.25, 0.3) is 5.56 Å². The van der Waals surface area contributed by atoms with Gasteiger partial charge in [0, 0.05) is 29.6 Å². The molecule has 0 spiro atoms. The lowest BCUT2D eigenvalue weighted by Gasteiger charge is -2.13. The van der Waals surface area contributed by atoms with Crippen LogP contribution in [-0.2, 0) is 16.0 Å². The van der Waals surface area contributed by atoms with Crippen LogP contribution in [0.5, 0.6) is 0 Å². The molecule has 0 saturated heterocycles. The number of benzene rings is 1. The number of nitrogens with zero attached hydrogens (tertiary/aromatic N) is 2. The number of ether oxygens (including phenoxy) is 1. The predicted octanol–water partition coefficient (Wildman–Crippen LogP) is 2.66. The number of methoxy groups -OCH3 is 1. The van der Waals surface area contributed by atoms with E-state index in [4.69, 9.17) is 0 Å². The van der Waals surface area contributed by atoms with Gasteiger partial charge in [0.2, 0.25) is 5.91 Å². The number of aromatic nitrogens is 2. The van der Waals surface area contributed by atoms with Crippen molar-refractivity contribution in [2.45, 2.75) is 37.4 Å². The van der Waals surface area contributed by atoms with Gasteiger partial charge in [-0.3, -0.25) is 14.2 Å². The molecular weight excluding hydrogens is 366 g/mol. The summed E-state index contributed by atoms with van der Waals surface area (Å²) in [5, 5.41) is 3.49. The van der Waals surface area contributed by atoms with Crippen LogP contribution >= 0.6 is 11.8 Å². The topological polar surface area (TPSA) is 90.3 Å². The Balaban J connectivity index is 1.66. The van der Waals surface area contributed by atoms with Crippen molar-refractivity contribution in [1.29, 1.82) is 0 Å². The number of esters is 1. The Morgan fingerprint density at radius 1 is 1.33 bits per heavy atom. The molecule has 1 N–H and O–H groups in total. The molecule has 1 aromatic heterocycles. The lowest BCUT2D eigenvalue weighted by molar-refractivity contribution is -0.116. The SMILES string of the molecule is CCCc1cc(=O)n2c(n1)SCC2CC(=O)Nc1ccc(C(=O)OC)cc1. The molecule has 1 aromatic carbocycles. The molecule has 0 aliphatic carbocycles. The fraction of sp³-hybridized carbons (Fsp3) is 0.368. The van der Waals surface area contributed by atoms with Gasteiger partial charge in [-0.25, -0.2) is 9.78 Å². The maximum absolute atomic E-state index is 12.4. The zero-order valence-corrected chi connectivity index (χ0v) is 16.0. The Labute approximate surface area is 161 Å². The first-order valence-corrected chi connectivity index (χ1v) is 9.74. The van der Waals surface area contributed by atoms with E-state index in [9.17, 15) is 14.4 Å². The molecule has 0 bridgehead atoms. The van der Waals surface area contributed by atoms with E-state index in [-0.39, 0.29) is 23.9 Å². The van der Waals surface area contributed by atoms with Crippen LogP contribution in [-0.4, -0.2) is 34.3 Å². The molecule has 27 heavy (non-hydrogen) atoms. The van der Waals surface area contributed by atoms with E-state index in [2.05, 4.69) is 15.0 Å². The van der Waals surface area contributed by atoms with E-state index in [1.54, 1.807) is 34.9 Å². The van der Waals surface area contributed by atoms with Gasteiger partial charge in [-0.15, -0.1) is 0 Å². The number of amides is 1. The van der Waals surface area contributed by atoms with Gasteiger partial charge < -0.3 is 10.1 Å². The second kappa shape index (κ2) is 8.39. The maximum Gasteiger partial charge on any atom is 0.337 e. The minimum atomic E-state index is -0.429. The van der Waals surface area contributed by atoms with Crippen LogP contribution < -0.4 is 10.9 Å². The Kier molecular flexibility index (Phi) is 5.95. The molecule has 1 atom stereocenters. The largest absolute Gasteiger partial charge is 0.465 e. The third-order valence-electron chi connectivity index (χ3n) is 4.26. The van der Waals surface area contributed by atoms with E-state index in [0.717, 1.165) is 18.5 Å². The van der Waals surface area contributed by atoms with Crippen molar-refractivity contribution in [2.75, 3.05) is 18.2 Å². The molecule has 1 unspecified atom stereocenters. The number of nitrogens with one attached hydrogen (secondary N) is 1. The van der Waals surface area contributed by atoms with Crippen LogP contribution in [0.4, 0.5) is 5.69 Å². The molecule has 3 rings (SSSR count). The smallest absolute Gasteiger partial charge is 0.337 e. The van der Waals surface area contributed by atoms with Crippen LogP contribution in [0.3, 0.4) is 0 Å². The van der Waals surface area contributed by atoms with E-state index >= 15 is 0 Å². The third-order valence-corrected chi connectivity index (χ3v) is 5.36. The summed E-state index contributed by atoms with van der Waals surface area (Å²) < 4.78 is 6.26. The molecule has 0 radical (unpaired) electrons. The summed E-state index contributed by atoms with van der Waals surface area (Å²) in [6, 6.07) is 7.82. The minimum Gasteiger partial charge on any atom is -0.465 e. The first-order valence-electron chi connectivity index (χ1n) is 8.75. The predicted molar refractivity (Wildman–Crippen MR) is 103 cm³/mol. The summed E-state index contributed by atoms with van der Waals surface area (Å²) in [5.74, 6) is 0.0255. The number of fused-ring (bicyclic) bond motifs is 1. The summed E-state index contributed by atoms with van der Waals surface area (Å²) in [4.78, 5) is 40.8. The highest BCUT2D eigenvalue weighted by atomic mass is 32.2. The molecule has 0 saturated carbocycles. The Morgan fingerprint density at radius 3 is 2.74 bits per heavy atom. The Hall–Kier alpha value is -2.61. The van der Waals surface area contributed by atoms with E-state index < -0.39 is 5.97 Å². The number of carbonyl (C=O) groups excluding carboxylic acids is 2. The maximum atomic E-state index is 12.4. The van der Waals surface area contributed by atoms with Crippen molar-refractivity contribution >= 4 is 29.3 Å². The van der Waals surface area contributed by atoms with Crippen molar-refractivity contribution in [1.82, 2.24) is 9.55 Å². The standard InChI is InChI=1S/C19H21N3O4S/c1-3-4-14-9-17(24)22-15(11-27-19(22)21-14)10-16(23)20-13-7-5-12(6-8-13)18(25)26-2/h5-9,15H,3-4,10-11H2,1-2H3,(H,20,23). The number of rotatable bonds is 6. The third kappa shape index (κ3) is 4.39. The Morgan fingerprint density at radius 2 is 2.07 bits per heavy atom. The quantitative estimate of drug-likeness (QED) is 0.605. The highest BCUT2D eigenvalue weighted by Crippen LogP contribution is 2.32. The van der Waals surface area contributed by atoms with Gasteiger partial charge in [0.05, 0.1) is 18.7 Å². The fourth-order valence-electron chi connectivity index (χ4n) is 2.97. The molecule has 7 nitrogen and oxygen atoms in total. The molecule has 1 aliphatic rings. The van der Waals surface area contributed by atoms with Crippen molar-refractivity contribution in [3.05, 3.63) is 51.9 Å². The van der Waals surface area contributed by atoms with Crippen LogP contribution in [0.1, 0.15) is 41.9 Å². The summed E-state index contributed by atoms with van der Waals surface area (Å²) in [5.41, 5.74) is 1.70. The first kappa shape index (κ1) is 19.2. The molecule has 1 aliphatic heterocycles. The van der Waals surface area contributed by atoms with Crippen LogP contribution in [0, 0.1) is 0 Å². The summed E-state index contributed by atoms with van der Waals surface area (Å²) >= 11 is 1.51. The number of thioether (sulfide) groups is 1. The second-order valence-corrected chi connectivity index (χ2v) is 7.26. The molecule has 2 aromatic rings. The average Bonchev–Trinajstić information content (AvgIpc) is 3.05. The number of carbonyl (C=O) groups is 2. The van der Waals surface area contributed by atoms with E-state index in [0.29, 0.717) is 22.2 Å². The number of hydrogen-bond donors (Lipinski definition) is 1. The van der Waals surface area contributed by atoms with Gasteiger partial charge in [-0.1, -0.05) is 25.1 Å². The number of anilines is 1. The molecular formula is C19H21N3O4S. The van der Waals surface area contributed by atoms with Crippen LogP contribution in [0.2, 0.25) is 0 Å². The summed E-state index contributed by atoms with van der Waals surface area (Å²) in [6.45, 7) is 2.05. The highest BCUT2D eigenvalue weighted by molar-refractivity contribution is 7.99. The Bertz CT molecular complexity index is 908. The minimum absolute atomic E-state index is 0.103. The van der Waals surface area contributed by atoms with Crippen molar-refractivity contribution in [3.63, 3.8) is 0 Å². The lowest BCUT2D eigenvalue weighted by Crippen LogP contribution is -2.27. The normalized spacial score (nSPS) is 15.3. The molecule has 142 valence electrons. The van der Waals surface area contributed by atoms with Crippen LogP contribution in [0.15, 0.2) is 40.3 Å². The van der Waals surface area contributed by atoms with Crippen molar-refractivity contribution in [2.24, 2.45) is 0 Å². The lowest BCUT2D eigenvalue weighted by atomic mass is 10.2. The van der Waals surface area contributed by atoms with Gasteiger partial charge in [-0.2, -0.15) is 0 Å². The zero-order valence-electron chi connectivity index (χ0n) is 15.2. The van der Waals surface area contributed by atoms with E-state index in [1.165, 1.54) is 18.9 Å². The molecule has 1 amide bonds. The second-order valence-electron chi connectivity index (χ2n) is 6.27. The van der Waals surface area contributed by atoms with Gasteiger partial charge in [0.15, 0.2) is 5.16 Å². The number of aryl methyl sites for hydroxylation is 1.